The highest BCUT2D eigenvalue weighted by atomic mass is 32.2. The lowest BCUT2D eigenvalue weighted by Crippen LogP contribution is -2.28. The summed E-state index contributed by atoms with van der Waals surface area (Å²) in [6.07, 6.45) is 6.45. The van der Waals surface area contributed by atoms with Crippen molar-refractivity contribution in [3.05, 3.63) is 0 Å². The average molecular weight is 167 g/mol. The molecule has 11 heavy (non-hydrogen) atoms. The van der Waals surface area contributed by atoms with E-state index < -0.39 is 0 Å². The number of fused-ring (bicyclic) bond motifs is 2. The van der Waals surface area contributed by atoms with Gasteiger partial charge in [-0.15, -0.1) is 0 Å². The van der Waals surface area contributed by atoms with Gasteiger partial charge in [-0.2, -0.15) is 17.0 Å². The second kappa shape index (κ2) is 3.06. The van der Waals surface area contributed by atoms with Crippen molar-refractivity contribution < 1.29 is 0 Å². The van der Waals surface area contributed by atoms with Gasteiger partial charge in [-0.05, 0) is 25.7 Å². The molecule has 2 saturated heterocycles. The van der Waals surface area contributed by atoms with Crippen molar-refractivity contribution in [2.24, 2.45) is 5.92 Å². The highest BCUT2D eigenvalue weighted by Crippen LogP contribution is 2.43. The van der Waals surface area contributed by atoms with Gasteiger partial charge in [0.1, 0.15) is 0 Å². The molecular weight excluding hydrogens is 154 g/mol. The van der Waals surface area contributed by atoms with Gasteiger partial charge >= 0.3 is 0 Å². The molecule has 0 saturated carbocycles. The Bertz CT molecular complexity index is 172. The molecule has 2 rings (SSSR count). The van der Waals surface area contributed by atoms with Crippen molar-refractivity contribution in [3.8, 4) is 6.07 Å². The molecule has 2 fully saturated rings. The van der Waals surface area contributed by atoms with Crippen molar-refractivity contribution in [2.45, 2.75) is 42.6 Å². The molecule has 0 aromatic rings. The van der Waals surface area contributed by atoms with Crippen LogP contribution >= 0.6 is 11.8 Å². The van der Waals surface area contributed by atoms with Crippen molar-refractivity contribution in [3.63, 3.8) is 0 Å². The SMILES string of the molecule is N#CC1CC2CCCC(C1)S2. The van der Waals surface area contributed by atoms with Crippen LogP contribution in [0.1, 0.15) is 32.1 Å². The molecule has 60 valence electrons. The Balaban J connectivity index is 2.01. The van der Waals surface area contributed by atoms with Crippen LogP contribution in [-0.4, -0.2) is 10.5 Å². The van der Waals surface area contributed by atoms with Gasteiger partial charge in [0.15, 0.2) is 0 Å². The van der Waals surface area contributed by atoms with Crippen LogP contribution in [0.2, 0.25) is 0 Å². The van der Waals surface area contributed by atoms with E-state index in [0.717, 1.165) is 23.3 Å². The van der Waals surface area contributed by atoms with Gasteiger partial charge in [0.2, 0.25) is 0 Å². The Morgan fingerprint density at radius 3 is 2.36 bits per heavy atom. The standard InChI is InChI=1S/C9H13NS/c10-6-7-4-8-2-1-3-9(5-7)11-8/h7-9H,1-5H2. The molecule has 2 heterocycles. The quantitative estimate of drug-likeness (QED) is 0.553. The summed E-state index contributed by atoms with van der Waals surface area (Å²) in [7, 11) is 0. The molecule has 2 heteroatoms. The predicted molar refractivity (Wildman–Crippen MR) is 47.4 cm³/mol. The summed E-state index contributed by atoms with van der Waals surface area (Å²) < 4.78 is 0. The van der Waals surface area contributed by atoms with Crippen LogP contribution < -0.4 is 0 Å². The first kappa shape index (κ1) is 7.49. The Morgan fingerprint density at radius 1 is 1.18 bits per heavy atom. The van der Waals surface area contributed by atoms with E-state index in [1.807, 2.05) is 0 Å². The van der Waals surface area contributed by atoms with Gasteiger partial charge < -0.3 is 0 Å². The molecule has 2 aliphatic heterocycles. The fraction of sp³-hybridized carbons (Fsp3) is 0.889. The molecule has 0 aliphatic carbocycles. The zero-order valence-electron chi connectivity index (χ0n) is 6.62. The summed E-state index contributed by atoms with van der Waals surface area (Å²) in [6.45, 7) is 0. The fourth-order valence-electron chi connectivity index (χ4n) is 2.16. The molecular formula is C9H13NS. The smallest absolute Gasteiger partial charge is 0.0656 e. The van der Waals surface area contributed by atoms with Gasteiger partial charge in [-0.25, -0.2) is 0 Å². The van der Waals surface area contributed by atoms with Crippen molar-refractivity contribution >= 4 is 11.8 Å². The fourth-order valence-corrected chi connectivity index (χ4v) is 4.00. The third-order valence-corrected chi connectivity index (χ3v) is 4.34. The normalized spacial score (nSPS) is 43.0. The predicted octanol–water partition coefficient (Wildman–Crippen LogP) is 2.57. The first-order valence-corrected chi connectivity index (χ1v) is 5.38. The van der Waals surface area contributed by atoms with E-state index in [1.54, 1.807) is 0 Å². The van der Waals surface area contributed by atoms with E-state index in [-0.39, 0.29) is 0 Å². The minimum absolute atomic E-state index is 0.381. The third-order valence-electron chi connectivity index (χ3n) is 2.71. The second-order valence-corrected chi connectivity index (χ2v) is 5.21. The minimum Gasteiger partial charge on any atom is -0.198 e. The molecule has 2 aliphatic rings. The van der Waals surface area contributed by atoms with Gasteiger partial charge in [0.25, 0.3) is 0 Å². The summed E-state index contributed by atoms with van der Waals surface area (Å²) >= 11 is 2.14. The molecule has 0 N–H and O–H groups in total. The van der Waals surface area contributed by atoms with Crippen molar-refractivity contribution in [1.29, 1.82) is 5.26 Å². The highest BCUT2D eigenvalue weighted by Gasteiger charge is 2.31. The van der Waals surface area contributed by atoms with Crippen LogP contribution in [0.25, 0.3) is 0 Å². The Hall–Kier alpha value is -0.160. The molecule has 2 unspecified atom stereocenters. The number of hydrogen-bond acceptors (Lipinski definition) is 2. The number of thioether (sulfide) groups is 1. The van der Waals surface area contributed by atoms with E-state index in [2.05, 4.69) is 17.8 Å². The summed E-state index contributed by atoms with van der Waals surface area (Å²) in [4.78, 5) is 0. The average Bonchev–Trinajstić information content (AvgIpc) is 2.03. The lowest BCUT2D eigenvalue weighted by molar-refractivity contribution is 0.430. The van der Waals surface area contributed by atoms with Crippen LogP contribution in [0.4, 0.5) is 0 Å². The molecule has 2 bridgehead atoms. The zero-order valence-corrected chi connectivity index (χ0v) is 7.44. The highest BCUT2D eigenvalue weighted by molar-refractivity contribution is 8.00. The number of rotatable bonds is 0. The zero-order chi connectivity index (χ0) is 7.68. The lowest BCUT2D eigenvalue weighted by Gasteiger charge is -2.35. The summed E-state index contributed by atoms with van der Waals surface area (Å²) in [5.41, 5.74) is 0. The molecule has 1 nitrogen and oxygen atoms in total. The van der Waals surface area contributed by atoms with E-state index >= 15 is 0 Å². The number of nitrogens with zero attached hydrogens (tertiary/aromatic N) is 1. The number of nitriles is 1. The largest absolute Gasteiger partial charge is 0.198 e. The molecule has 0 aromatic heterocycles. The van der Waals surface area contributed by atoms with Gasteiger partial charge in [0, 0.05) is 16.4 Å². The van der Waals surface area contributed by atoms with Crippen LogP contribution in [0.5, 0.6) is 0 Å². The first-order chi connectivity index (χ1) is 5.38. The Labute approximate surface area is 72.2 Å². The first-order valence-electron chi connectivity index (χ1n) is 4.43. The maximum atomic E-state index is 8.79. The van der Waals surface area contributed by atoms with E-state index in [9.17, 15) is 0 Å². The van der Waals surface area contributed by atoms with Crippen LogP contribution in [0.3, 0.4) is 0 Å². The lowest BCUT2D eigenvalue weighted by atomic mass is 9.91. The molecule has 0 radical (unpaired) electrons. The topological polar surface area (TPSA) is 23.8 Å². The van der Waals surface area contributed by atoms with E-state index in [4.69, 9.17) is 5.26 Å². The van der Waals surface area contributed by atoms with Crippen LogP contribution in [-0.2, 0) is 0 Å². The maximum Gasteiger partial charge on any atom is 0.0656 e. The molecule has 0 amide bonds. The summed E-state index contributed by atoms with van der Waals surface area (Å²) in [5.74, 6) is 0.381. The number of hydrogen-bond donors (Lipinski definition) is 0. The van der Waals surface area contributed by atoms with Crippen molar-refractivity contribution in [2.75, 3.05) is 0 Å². The van der Waals surface area contributed by atoms with E-state index in [1.165, 1.54) is 19.3 Å². The van der Waals surface area contributed by atoms with Gasteiger partial charge in [0.05, 0.1) is 6.07 Å². The van der Waals surface area contributed by atoms with Gasteiger partial charge in [-0.1, -0.05) is 6.42 Å². The van der Waals surface area contributed by atoms with Crippen LogP contribution in [0.15, 0.2) is 0 Å². The monoisotopic (exact) mass is 167 g/mol. The minimum atomic E-state index is 0.381. The Kier molecular flexibility index (Phi) is 2.09. The molecule has 0 spiro atoms. The molecule has 2 atom stereocenters. The van der Waals surface area contributed by atoms with Gasteiger partial charge in [-0.3, -0.25) is 0 Å². The summed E-state index contributed by atoms with van der Waals surface area (Å²) in [5, 5.41) is 10.4. The maximum absolute atomic E-state index is 8.79. The second-order valence-electron chi connectivity index (χ2n) is 3.61. The third kappa shape index (κ3) is 1.54. The Morgan fingerprint density at radius 2 is 1.82 bits per heavy atom. The van der Waals surface area contributed by atoms with Crippen molar-refractivity contribution in [1.82, 2.24) is 0 Å². The van der Waals surface area contributed by atoms with Crippen LogP contribution in [0, 0.1) is 17.2 Å². The van der Waals surface area contributed by atoms with E-state index in [0.29, 0.717) is 5.92 Å². The molecule has 0 aromatic carbocycles. The summed E-state index contributed by atoms with van der Waals surface area (Å²) in [6, 6.07) is 2.42.